The third kappa shape index (κ3) is 9.54. The number of rotatable bonds is 14. The fourth-order valence-corrected chi connectivity index (χ4v) is 4.47. The number of aryl methyl sites for hydroxylation is 1. The van der Waals surface area contributed by atoms with E-state index in [0.717, 1.165) is 43.9 Å². The predicted molar refractivity (Wildman–Crippen MR) is 152 cm³/mol. The molecule has 1 nitrogen and oxygen atoms in total. The van der Waals surface area contributed by atoms with Crippen LogP contribution in [0.25, 0.3) is 11.6 Å². The van der Waals surface area contributed by atoms with Crippen LogP contribution in [0.15, 0.2) is 78.9 Å². The van der Waals surface area contributed by atoms with Crippen LogP contribution >= 0.6 is 34.2 Å². The van der Waals surface area contributed by atoms with Gasteiger partial charge >= 0.3 is 0 Å². The summed E-state index contributed by atoms with van der Waals surface area (Å²) < 4.78 is 7.45. The van der Waals surface area contributed by atoms with Crippen LogP contribution in [0, 0.1) is 3.57 Å². The topological polar surface area (TPSA) is 9.23 Å². The van der Waals surface area contributed by atoms with Gasteiger partial charge in [-0.3, -0.25) is 0 Å². The van der Waals surface area contributed by atoms with Gasteiger partial charge in [0, 0.05) is 9.45 Å². The van der Waals surface area contributed by atoms with E-state index in [-0.39, 0.29) is 0 Å². The molecule has 3 aromatic carbocycles. The lowest BCUT2D eigenvalue weighted by atomic mass is 9.96. The molecule has 0 aliphatic heterocycles. The van der Waals surface area contributed by atoms with E-state index in [2.05, 4.69) is 108 Å². The zero-order valence-corrected chi connectivity index (χ0v) is 22.2. The van der Waals surface area contributed by atoms with Crippen LogP contribution in [0.4, 0.5) is 0 Å². The van der Waals surface area contributed by atoms with Crippen molar-refractivity contribution in [2.75, 3.05) is 12.5 Å². The van der Waals surface area contributed by atoms with Crippen LogP contribution in [0.2, 0.25) is 0 Å². The van der Waals surface area contributed by atoms with Crippen molar-refractivity contribution in [3.63, 3.8) is 0 Å². The van der Waals surface area contributed by atoms with Crippen LogP contribution in [0.1, 0.15) is 61.6 Å². The first-order valence-corrected chi connectivity index (χ1v) is 13.7. The van der Waals surface area contributed by atoms with E-state index >= 15 is 0 Å². The van der Waals surface area contributed by atoms with E-state index in [4.69, 9.17) is 16.3 Å². The van der Waals surface area contributed by atoms with Crippen molar-refractivity contribution in [2.24, 2.45) is 0 Å². The van der Waals surface area contributed by atoms with Crippen molar-refractivity contribution in [1.82, 2.24) is 0 Å². The van der Waals surface area contributed by atoms with Gasteiger partial charge in [0.1, 0.15) is 5.75 Å². The highest BCUT2D eigenvalue weighted by Crippen LogP contribution is 2.27. The first-order chi connectivity index (χ1) is 16.3. The number of benzene rings is 3. The molecule has 0 amide bonds. The summed E-state index contributed by atoms with van der Waals surface area (Å²) in [6.07, 6.45) is 11.5. The molecular formula is C30H34ClIO. The molecule has 3 aromatic rings. The molecule has 0 atom stereocenters. The molecule has 0 aliphatic carbocycles. The number of halogens is 2. The zero-order chi connectivity index (χ0) is 23.1. The summed E-state index contributed by atoms with van der Waals surface area (Å²) in [5.74, 6) is 1.81. The van der Waals surface area contributed by atoms with Gasteiger partial charge in [0.15, 0.2) is 0 Å². The molecule has 3 rings (SSSR count). The van der Waals surface area contributed by atoms with Gasteiger partial charge in [-0.1, -0.05) is 92.4 Å². The lowest BCUT2D eigenvalue weighted by Gasteiger charge is -2.13. The Morgan fingerprint density at radius 2 is 1.42 bits per heavy atom. The molecule has 0 spiro atoms. The number of hydrogen-bond donors (Lipinski definition) is 0. The van der Waals surface area contributed by atoms with Crippen LogP contribution in [-0.4, -0.2) is 12.5 Å². The van der Waals surface area contributed by atoms with Crippen molar-refractivity contribution in [1.29, 1.82) is 0 Å². The predicted octanol–water partition coefficient (Wildman–Crippen LogP) is 9.42. The molecule has 0 aromatic heterocycles. The summed E-state index contributed by atoms with van der Waals surface area (Å²) in [7, 11) is 0. The standard InChI is InChI=1S/C30H34ClIO/c31-22-10-3-1-2-4-11-23-33-30-15-9-8-14-27(30)18-19-28(26-12-6-5-7-13-26)24-25-16-20-29(32)21-17-25/h5-9,12-17,20-21,24H,1-4,10-11,18-19,22-23H2. The lowest BCUT2D eigenvalue weighted by molar-refractivity contribution is 0.301. The van der Waals surface area contributed by atoms with Crippen LogP contribution in [0.5, 0.6) is 5.75 Å². The minimum Gasteiger partial charge on any atom is -0.493 e. The largest absolute Gasteiger partial charge is 0.493 e. The zero-order valence-electron chi connectivity index (χ0n) is 19.3. The summed E-state index contributed by atoms with van der Waals surface area (Å²) in [6.45, 7) is 0.788. The smallest absolute Gasteiger partial charge is 0.122 e. The van der Waals surface area contributed by atoms with Gasteiger partial charge in [-0.25, -0.2) is 0 Å². The minimum atomic E-state index is 0.784. The highest BCUT2D eigenvalue weighted by atomic mass is 127. The second-order valence-electron chi connectivity index (χ2n) is 8.35. The van der Waals surface area contributed by atoms with E-state index in [9.17, 15) is 0 Å². The highest BCUT2D eigenvalue weighted by Gasteiger charge is 2.07. The number of para-hydroxylation sites is 1. The number of unbranched alkanes of at least 4 members (excludes halogenated alkanes) is 5. The second kappa shape index (κ2) is 15.2. The van der Waals surface area contributed by atoms with Crippen molar-refractivity contribution in [3.05, 3.63) is 99.1 Å². The van der Waals surface area contributed by atoms with E-state index < -0.39 is 0 Å². The van der Waals surface area contributed by atoms with Gasteiger partial charge in [-0.15, -0.1) is 11.6 Å². The van der Waals surface area contributed by atoms with Crippen LogP contribution in [-0.2, 0) is 6.42 Å². The van der Waals surface area contributed by atoms with Crippen molar-refractivity contribution in [2.45, 2.75) is 51.4 Å². The number of allylic oxidation sites excluding steroid dienone is 1. The second-order valence-corrected chi connectivity index (χ2v) is 9.98. The molecule has 0 heterocycles. The fraction of sp³-hybridized carbons (Fsp3) is 0.333. The highest BCUT2D eigenvalue weighted by molar-refractivity contribution is 14.1. The van der Waals surface area contributed by atoms with Crippen LogP contribution in [0.3, 0.4) is 0 Å². The average molecular weight is 573 g/mol. The number of ether oxygens (including phenoxy) is 1. The monoisotopic (exact) mass is 572 g/mol. The average Bonchev–Trinajstić information content (AvgIpc) is 2.86. The molecule has 0 N–H and O–H groups in total. The Morgan fingerprint density at radius 3 is 2.18 bits per heavy atom. The Kier molecular flexibility index (Phi) is 11.9. The normalized spacial score (nSPS) is 11.5. The first-order valence-electron chi connectivity index (χ1n) is 12.0. The van der Waals surface area contributed by atoms with Gasteiger partial charge in [0.05, 0.1) is 6.61 Å². The minimum absolute atomic E-state index is 0.784. The maximum absolute atomic E-state index is 6.19. The number of hydrogen-bond acceptors (Lipinski definition) is 1. The molecule has 0 radical (unpaired) electrons. The molecule has 174 valence electrons. The van der Waals surface area contributed by atoms with E-state index in [1.165, 1.54) is 51.5 Å². The molecule has 0 saturated carbocycles. The molecular weight excluding hydrogens is 539 g/mol. The summed E-state index contributed by atoms with van der Waals surface area (Å²) in [6, 6.07) is 27.9. The summed E-state index contributed by atoms with van der Waals surface area (Å²) in [5.41, 5.74) is 5.15. The fourth-order valence-electron chi connectivity index (χ4n) is 3.92. The summed E-state index contributed by atoms with van der Waals surface area (Å²) >= 11 is 8.10. The Morgan fingerprint density at radius 1 is 0.758 bits per heavy atom. The van der Waals surface area contributed by atoms with Crippen molar-refractivity contribution in [3.8, 4) is 5.75 Å². The van der Waals surface area contributed by atoms with Gasteiger partial charge in [0.25, 0.3) is 0 Å². The molecule has 0 saturated heterocycles. The van der Waals surface area contributed by atoms with Gasteiger partial charge in [-0.2, -0.15) is 0 Å². The molecule has 0 bridgehead atoms. The van der Waals surface area contributed by atoms with E-state index in [1.54, 1.807) is 0 Å². The maximum Gasteiger partial charge on any atom is 0.122 e. The third-order valence-electron chi connectivity index (χ3n) is 5.78. The van der Waals surface area contributed by atoms with Gasteiger partial charge in [-0.05, 0) is 88.7 Å². The summed E-state index contributed by atoms with van der Waals surface area (Å²) in [4.78, 5) is 0. The molecule has 3 heteroatoms. The number of alkyl halides is 1. The SMILES string of the molecule is ClCCCCCCCCOc1ccccc1CCC(=Cc1ccc(I)cc1)c1ccccc1. The van der Waals surface area contributed by atoms with Crippen molar-refractivity contribution < 1.29 is 4.74 Å². The Hall–Kier alpha value is -1.78. The quantitative estimate of drug-likeness (QED) is 0.0809. The molecule has 33 heavy (non-hydrogen) atoms. The maximum atomic E-state index is 6.19. The van der Waals surface area contributed by atoms with Gasteiger partial charge in [0.2, 0.25) is 0 Å². The molecule has 0 unspecified atom stereocenters. The molecule has 0 aliphatic rings. The molecule has 0 fully saturated rings. The van der Waals surface area contributed by atoms with Gasteiger partial charge < -0.3 is 4.74 Å². The van der Waals surface area contributed by atoms with Crippen molar-refractivity contribution >= 4 is 45.8 Å². The third-order valence-corrected chi connectivity index (χ3v) is 6.76. The Labute approximate surface area is 218 Å². The lowest BCUT2D eigenvalue weighted by Crippen LogP contribution is -2.01. The summed E-state index contributed by atoms with van der Waals surface area (Å²) in [5, 5.41) is 0. The Bertz CT molecular complexity index is 966. The Balaban J connectivity index is 1.60. The van der Waals surface area contributed by atoms with Crippen LogP contribution < -0.4 is 4.74 Å². The van der Waals surface area contributed by atoms with E-state index in [1.807, 2.05) is 0 Å². The van der Waals surface area contributed by atoms with E-state index in [0.29, 0.717) is 0 Å². The first kappa shape index (κ1) is 25.8.